The molecule has 1 N–H and O–H groups in total. The third-order valence-electron chi connectivity index (χ3n) is 3.56. The van der Waals surface area contributed by atoms with Crippen molar-refractivity contribution in [1.82, 2.24) is 10.3 Å². The molecule has 1 aromatic heterocycles. The number of hydrogen-bond donors (Lipinski definition) is 1. The molecule has 0 aliphatic carbocycles. The minimum Gasteiger partial charge on any atom is -0.310 e. The Morgan fingerprint density at radius 1 is 1.14 bits per heavy atom. The van der Waals surface area contributed by atoms with Crippen LogP contribution in [0.1, 0.15) is 41.8 Å². The molecule has 1 heterocycles. The third-order valence-corrected chi connectivity index (χ3v) is 4.24. The summed E-state index contributed by atoms with van der Waals surface area (Å²) in [4.78, 5) is 4.54. The first kappa shape index (κ1) is 16.2. The number of aromatic nitrogens is 1. The van der Waals surface area contributed by atoms with E-state index in [0.717, 1.165) is 25.1 Å². The first-order valence-electron chi connectivity index (χ1n) is 7.51. The maximum atomic E-state index is 4.54. The van der Waals surface area contributed by atoms with Crippen LogP contribution >= 0.6 is 15.9 Å². The summed E-state index contributed by atoms with van der Waals surface area (Å²) in [6, 6.07) is 11.1. The van der Waals surface area contributed by atoms with Crippen LogP contribution in [0.4, 0.5) is 0 Å². The van der Waals surface area contributed by atoms with Crippen molar-refractivity contribution < 1.29 is 0 Å². The summed E-state index contributed by atoms with van der Waals surface area (Å²) in [6.45, 7) is 7.39. The minimum atomic E-state index is 0.287. The molecule has 0 amide bonds. The van der Waals surface area contributed by atoms with Crippen molar-refractivity contribution in [2.75, 3.05) is 6.54 Å². The molecule has 1 aromatic carbocycles. The van der Waals surface area contributed by atoms with Gasteiger partial charge < -0.3 is 5.32 Å². The molecule has 0 spiro atoms. The molecule has 21 heavy (non-hydrogen) atoms. The normalized spacial score (nSPS) is 12.4. The van der Waals surface area contributed by atoms with Crippen molar-refractivity contribution in [1.29, 1.82) is 0 Å². The van der Waals surface area contributed by atoms with E-state index in [2.05, 4.69) is 77.3 Å². The lowest BCUT2D eigenvalue weighted by atomic mass is 10.00. The topological polar surface area (TPSA) is 24.9 Å². The lowest BCUT2D eigenvalue weighted by molar-refractivity contribution is 0.522. The zero-order valence-corrected chi connectivity index (χ0v) is 14.6. The van der Waals surface area contributed by atoms with Gasteiger partial charge in [0, 0.05) is 28.8 Å². The standard InChI is InChI=1S/C18H23BrN2/c1-4-9-20-18(11-15-7-5-14(3)12-21-15)16-8-6-13(2)10-17(16)19/h5-8,10,12,18,20H,4,9,11H2,1-3H3. The van der Waals surface area contributed by atoms with Crippen LogP contribution in [0, 0.1) is 13.8 Å². The van der Waals surface area contributed by atoms with E-state index in [1.54, 1.807) is 0 Å². The highest BCUT2D eigenvalue weighted by atomic mass is 79.9. The minimum absolute atomic E-state index is 0.287. The number of nitrogens with zero attached hydrogens (tertiary/aromatic N) is 1. The fraction of sp³-hybridized carbons (Fsp3) is 0.389. The Morgan fingerprint density at radius 3 is 2.52 bits per heavy atom. The second kappa shape index (κ2) is 7.71. The van der Waals surface area contributed by atoms with Gasteiger partial charge in [0.25, 0.3) is 0 Å². The fourth-order valence-corrected chi connectivity index (χ4v) is 3.12. The zero-order valence-electron chi connectivity index (χ0n) is 13.0. The SMILES string of the molecule is CCCNC(Cc1ccc(C)cn1)c1ccc(C)cc1Br. The van der Waals surface area contributed by atoms with Crippen molar-refractivity contribution in [2.24, 2.45) is 0 Å². The van der Waals surface area contributed by atoms with Gasteiger partial charge in [-0.25, -0.2) is 0 Å². The van der Waals surface area contributed by atoms with Gasteiger partial charge in [-0.1, -0.05) is 41.1 Å². The van der Waals surface area contributed by atoms with E-state index in [1.165, 1.54) is 21.2 Å². The van der Waals surface area contributed by atoms with Crippen LogP contribution in [0.15, 0.2) is 41.0 Å². The number of pyridine rings is 1. The third kappa shape index (κ3) is 4.65. The Morgan fingerprint density at radius 2 is 1.90 bits per heavy atom. The van der Waals surface area contributed by atoms with Crippen LogP contribution in [0.25, 0.3) is 0 Å². The number of aryl methyl sites for hydroxylation is 2. The van der Waals surface area contributed by atoms with Gasteiger partial charge in [-0.2, -0.15) is 0 Å². The van der Waals surface area contributed by atoms with Gasteiger partial charge in [-0.15, -0.1) is 0 Å². The highest BCUT2D eigenvalue weighted by Gasteiger charge is 2.15. The van der Waals surface area contributed by atoms with E-state index in [1.807, 2.05) is 6.20 Å². The number of hydrogen-bond acceptors (Lipinski definition) is 2. The average Bonchev–Trinajstić information content (AvgIpc) is 2.46. The number of nitrogens with one attached hydrogen (secondary N) is 1. The molecule has 3 heteroatoms. The zero-order chi connectivity index (χ0) is 15.2. The largest absolute Gasteiger partial charge is 0.310 e. The molecule has 0 radical (unpaired) electrons. The molecule has 1 atom stereocenters. The Balaban J connectivity index is 2.22. The highest BCUT2D eigenvalue weighted by Crippen LogP contribution is 2.27. The van der Waals surface area contributed by atoms with E-state index in [-0.39, 0.29) is 6.04 Å². The van der Waals surface area contributed by atoms with Gasteiger partial charge in [0.15, 0.2) is 0 Å². The monoisotopic (exact) mass is 346 g/mol. The number of halogens is 1. The first-order valence-corrected chi connectivity index (χ1v) is 8.30. The molecule has 112 valence electrons. The Bertz CT molecular complexity index is 578. The van der Waals surface area contributed by atoms with Crippen molar-refractivity contribution in [2.45, 2.75) is 39.7 Å². The Kier molecular flexibility index (Phi) is 5.95. The highest BCUT2D eigenvalue weighted by molar-refractivity contribution is 9.10. The van der Waals surface area contributed by atoms with Gasteiger partial charge in [-0.3, -0.25) is 4.98 Å². The summed E-state index contributed by atoms with van der Waals surface area (Å²) in [5.74, 6) is 0. The summed E-state index contributed by atoms with van der Waals surface area (Å²) in [6.07, 6.45) is 3.97. The lowest BCUT2D eigenvalue weighted by Crippen LogP contribution is -2.24. The second-order valence-corrected chi connectivity index (χ2v) is 6.42. The molecule has 1 unspecified atom stereocenters. The summed E-state index contributed by atoms with van der Waals surface area (Å²) >= 11 is 3.70. The predicted molar refractivity (Wildman–Crippen MR) is 92.6 cm³/mol. The van der Waals surface area contributed by atoms with E-state index in [9.17, 15) is 0 Å². The van der Waals surface area contributed by atoms with Gasteiger partial charge in [-0.05, 0) is 55.6 Å². The summed E-state index contributed by atoms with van der Waals surface area (Å²) < 4.78 is 1.17. The molecule has 0 aliphatic rings. The van der Waals surface area contributed by atoms with Crippen molar-refractivity contribution >= 4 is 15.9 Å². The van der Waals surface area contributed by atoms with Gasteiger partial charge in [0.2, 0.25) is 0 Å². The van der Waals surface area contributed by atoms with Crippen molar-refractivity contribution in [3.8, 4) is 0 Å². The molecular weight excluding hydrogens is 324 g/mol. The van der Waals surface area contributed by atoms with E-state index in [0.29, 0.717) is 0 Å². The molecule has 2 nitrogen and oxygen atoms in total. The lowest BCUT2D eigenvalue weighted by Gasteiger charge is -2.20. The van der Waals surface area contributed by atoms with Crippen LogP contribution < -0.4 is 5.32 Å². The molecule has 0 fully saturated rings. The quantitative estimate of drug-likeness (QED) is 0.816. The van der Waals surface area contributed by atoms with Gasteiger partial charge in [0.1, 0.15) is 0 Å². The average molecular weight is 347 g/mol. The molecule has 2 aromatic rings. The van der Waals surface area contributed by atoms with Crippen molar-refractivity contribution in [3.05, 3.63) is 63.4 Å². The molecular formula is C18H23BrN2. The smallest absolute Gasteiger partial charge is 0.0422 e. The maximum Gasteiger partial charge on any atom is 0.0422 e. The Labute approximate surface area is 136 Å². The number of rotatable bonds is 6. The van der Waals surface area contributed by atoms with Gasteiger partial charge >= 0.3 is 0 Å². The maximum absolute atomic E-state index is 4.54. The van der Waals surface area contributed by atoms with Crippen LogP contribution in [0.3, 0.4) is 0 Å². The molecule has 0 bridgehead atoms. The van der Waals surface area contributed by atoms with E-state index < -0.39 is 0 Å². The first-order chi connectivity index (χ1) is 10.1. The molecule has 0 saturated heterocycles. The summed E-state index contributed by atoms with van der Waals surface area (Å²) in [5, 5.41) is 3.64. The Hall–Kier alpha value is -1.19. The van der Waals surface area contributed by atoms with E-state index in [4.69, 9.17) is 0 Å². The predicted octanol–water partition coefficient (Wildman–Crippen LogP) is 4.74. The van der Waals surface area contributed by atoms with Crippen molar-refractivity contribution in [3.63, 3.8) is 0 Å². The van der Waals surface area contributed by atoms with Crippen LogP contribution in [-0.2, 0) is 6.42 Å². The number of benzene rings is 1. The second-order valence-electron chi connectivity index (χ2n) is 5.56. The van der Waals surface area contributed by atoms with Gasteiger partial charge in [0.05, 0.1) is 0 Å². The summed E-state index contributed by atoms with van der Waals surface area (Å²) in [5.41, 5.74) is 4.90. The molecule has 0 saturated carbocycles. The van der Waals surface area contributed by atoms with Crippen LogP contribution in [0.2, 0.25) is 0 Å². The van der Waals surface area contributed by atoms with E-state index >= 15 is 0 Å². The molecule has 2 rings (SSSR count). The summed E-state index contributed by atoms with van der Waals surface area (Å²) in [7, 11) is 0. The van der Waals surface area contributed by atoms with Crippen LogP contribution in [0.5, 0.6) is 0 Å². The molecule has 0 aliphatic heterocycles. The van der Waals surface area contributed by atoms with Crippen LogP contribution in [-0.4, -0.2) is 11.5 Å². The fourth-order valence-electron chi connectivity index (χ4n) is 2.35.